The van der Waals surface area contributed by atoms with Crippen LogP contribution in [0.1, 0.15) is 25.7 Å². The molecule has 2 aromatic heterocycles. The first-order valence-corrected chi connectivity index (χ1v) is 14.5. The number of rotatable bonds is 8. The van der Waals surface area contributed by atoms with E-state index < -0.39 is 7.37 Å². The van der Waals surface area contributed by atoms with Gasteiger partial charge in [-0.15, -0.1) is 0 Å². The van der Waals surface area contributed by atoms with E-state index in [0.29, 0.717) is 51.8 Å². The Hall–Kier alpha value is -4.02. The first-order valence-electron chi connectivity index (χ1n) is 12.7. The first kappa shape index (κ1) is 25.3. The Morgan fingerprint density at radius 3 is 2.38 bits per heavy atom. The van der Waals surface area contributed by atoms with Crippen molar-refractivity contribution in [1.29, 1.82) is 0 Å². The van der Waals surface area contributed by atoms with Gasteiger partial charge in [-0.05, 0) is 24.3 Å². The molecule has 12 nitrogen and oxygen atoms in total. The van der Waals surface area contributed by atoms with Gasteiger partial charge in [-0.25, -0.2) is 15.0 Å². The summed E-state index contributed by atoms with van der Waals surface area (Å²) in [4.78, 5) is 12.4. The van der Waals surface area contributed by atoms with Gasteiger partial charge in [0.25, 0.3) is 0 Å². The largest absolute Gasteiger partial charge is 0.454 e. The van der Waals surface area contributed by atoms with E-state index in [-0.39, 0.29) is 32.3 Å². The number of nitrogen functional groups attached to an aromatic ring is 1. The van der Waals surface area contributed by atoms with Crippen LogP contribution >= 0.6 is 7.37 Å². The van der Waals surface area contributed by atoms with Crippen LogP contribution in [0.5, 0.6) is 28.7 Å². The number of ether oxygens (including phenoxy) is 5. The molecule has 0 bridgehead atoms. The van der Waals surface area contributed by atoms with Crippen molar-refractivity contribution >= 4 is 29.7 Å². The number of benzene rings is 2. The summed E-state index contributed by atoms with van der Waals surface area (Å²) in [7, 11) is -3.66. The maximum Gasteiger partial charge on any atom is 0.306 e. The molecule has 3 aliphatic rings. The number of nitrogens with two attached hydrogens (primary N) is 1. The average Bonchev–Trinajstić information content (AvgIpc) is 3.66. The van der Waals surface area contributed by atoms with Gasteiger partial charge in [0.1, 0.15) is 18.2 Å². The summed E-state index contributed by atoms with van der Waals surface area (Å²) in [6, 6.07) is 10.3. The zero-order chi connectivity index (χ0) is 26.7. The minimum atomic E-state index is -3.66. The molecule has 1 aliphatic carbocycles. The second-order valence-corrected chi connectivity index (χ2v) is 11.4. The van der Waals surface area contributed by atoms with Crippen LogP contribution in [0.4, 0.5) is 5.82 Å². The molecule has 13 heteroatoms. The molecule has 0 saturated heterocycles. The van der Waals surface area contributed by atoms with Gasteiger partial charge in [-0.3, -0.25) is 4.57 Å². The van der Waals surface area contributed by atoms with Gasteiger partial charge in [0.15, 0.2) is 34.5 Å². The van der Waals surface area contributed by atoms with E-state index in [0.717, 1.165) is 0 Å². The predicted molar refractivity (Wildman–Crippen MR) is 142 cm³/mol. The van der Waals surface area contributed by atoms with Gasteiger partial charge in [0.2, 0.25) is 19.3 Å². The molecule has 204 valence electrons. The highest BCUT2D eigenvalue weighted by Gasteiger charge is 2.36. The Kier molecular flexibility index (Phi) is 7.12. The number of hydrogen-bond donors (Lipinski definition) is 1. The van der Waals surface area contributed by atoms with E-state index in [4.69, 9.17) is 33.9 Å². The van der Waals surface area contributed by atoms with Gasteiger partial charge in [-0.1, -0.05) is 37.8 Å². The maximum atomic E-state index is 14.3. The Balaban J connectivity index is 0.000000636. The highest BCUT2D eigenvalue weighted by Crippen LogP contribution is 2.54. The Bertz CT molecular complexity index is 1520. The van der Waals surface area contributed by atoms with Crippen molar-refractivity contribution in [3.8, 4) is 28.7 Å². The van der Waals surface area contributed by atoms with Crippen molar-refractivity contribution in [1.82, 2.24) is 19.5 Å². The summed E-state index contributed by atoms with van der Waals surface area (Å²) in [6.07, 6.45) is 8.76. The van der Waals surface area contributed by atoms with Crippen LogP contribution < -0.4 is 34.5 Å². The quantitative estimate of drug-likeness (QED) is 0.249. The summed E-state index contributed by atoms with van der Waals surface area (Å²) >= 11 is 0. The molecule has 2 N–H and O–H groups in total. The summed E-state index contributed by atoms with van der Waals surface area (Å²) < 4.78 is 50.1. The van der Waals surface area contributed by atoms with Crippen molar-refractivity contribution in [2.45, 2.75) is 32.2 Å². The fourth-order valence-corrected chi connectivity index (χ4v) is 6.04. The van der Waals surface area contributed by atoms with Gasteiger partial charge in [0.05, 0.1) is 18.2 Å². The van der Waals surface area contributed by atoms with E-state index in [9.17, 15) is 4.57 Å². The van der Waals surface area contributed by atoms with Crippen molar-refractivity contribution in [2.24, 2.45) is 0 Å². The van der Waals surface area contributed by atoms with Crippen LogP contribution in [0, 0.1) is 0 Å². The SMILES string of the molecule is C1CCC1.Nc1ncnc2c1ncn2CCOCP(=O)(Oc1cccc2c1OCO2)c1cccc2c1OCO2. The Morgan fingerprint density at radius 2 is 1.62 bits per heavy atom. The lowest BCUT2D eigenvalue weighted by Crippen LogP contribution is -2.17. The molecule has 0 amide bonds. The highest BCUT2D eigenvalue weighted by atomic mass is 31.2. The number of fused-ring (bicyclic) bond motifs is 3. The van der Waals surface area contributed by atoms with E-state index >= 15 is 0 Å². The lowest BCUT2D eigenvalue weighted by Gasteiger charge is -2.22. The molecule has 1 fully saturated rings. The van der Waals surface area contributed by atoms with Gasteiger partial charge < -0.3 is 38.5 Å². The fraction of sp³-hybridized carbons (Fsp3) is 0.346. The predicted octanol–water partition coefficient (Wildman–Crippen LogP) is 4.08. The van der Waals surface area contributed by atoms with Crippen LogP contribution in [0.25, 0.3) is 11.2 Å². The number of aromatic nitrogens is 4. The normalized spacial score (nSPS) is 16.2. The summed E-state index contributed by atoms with van der Waals surface area (Å²) in [5.41, 5.74) is 6.95. The molecule has 2 aliphatic heterocycles. The fourth-order valence-electron chi connectivity index (χ4n) is 4.12. The molecular weight excluding hydrogens is 525 g/mol. The number of imidazole rings is 1. The zero-order valence-electron chi connectivity index (χ0n) is 21.2. The molecule has 0 radical (unpaired) electrons. The lowest BCUT2D eigenvalue weighted by molar-refractivity contribution is 0.160. The standard InChI is InChI=1S/C22H20N5O7P.C4H8/c23-21-18-22(25-9-24-21)27(10-26-18)7-8-29-13-35(28,17-6-2-4-15-20(17)33-12-31-15)34-16-5-1-3-14-19(16)32-11-30-14;1-2-4-3-1/h1-6,9-10H,7-8,11-13H2,(H2,23,24,25);1-4H2. The molecular formula is C26H28N5O7P. The van der Waals surface area contributed by atoms with Crippen molar-refractivity contribution in [3.63, 3.8) is 0 Å². The van der Waals surface area contributed by atoms with Crippen LogP contribution in [-0.2, 0) is 15.8 Å². The van der Waals surface area contributed by atoms with Crippen molar-refractivity contribution in [2.75, 3.05) is 32.3 Å². The number of para-hydroxylation sites is 2. The summed E-state index contributed by atoms with van der Waals surface area (Å²) in [6.45, 7) is 0.698. The van der Waals surface area contributed by atoms with E-state index in [1.165, 1.54) is 32.0 Å². The molecule has 1 unspecified atom stereocenters. The van der Waals surface area contributed by atoms with Gasteiger partial charge >= 0.3 is 7.37 Å². The van der Waals surface area contributed by atoms with E-state index in [2.05, 4.69) is 15.0 Å². The summed E-state index contributed by atoms with van der Waals surface area (Å²) in [5.74, 6) is 2.36. The van der Waals surface area contributed by atoms with E-state index in [1.54, 1.807) is 47.3 Å². The smallest absolute Gasteiger partial charge is 0.306 e. The monoisotopic (exact) mass is 553 g/mol. The number of nitrogens with zero attached hydrogens (tertiary/aromatic N) is 4. The second-order valence-electron chi connectivity index (χ2n) is 9.09. The minimum Gasteiger partial charge on any atom is -0.454 e. The molecule has 2 aromatic carbocycles. The zero-order valence-corrected chi connectivity index (χ0v) is 22.0. The molecule has 1 atom stereocenters. The molecule has 4 heterocycles. The number of hydrogen-bond acceptors (Lipinski definition) is 11. The third-order valence-corrected chi connectivity index (χ3v) is 8.62. The van der Waals surface area contributed by atoms with Crippen LogP contribution in [0.2, 0.25) is 0 Å². The third kappa shape index (κ3) is 5.17. The van der Waals surface area contributed by atoms with E-state index in [1.807, 2.05) is 0 Å². The topological polar surface area (TPSA) is 142 Å². The van der Waals surface area contributed by atoms with Crippen LogP contribution in [0.15, 0.2) is 49.1 Å². The van der Waals surface area contributed by atoms with Gasteiger partial charge in [0, 0.05) is 6.54 Å². The van der Waals surface area contributed by atoms with Gasteiger partial charge in [-0.2, -0.15) is 0 Å². The van der Waals surface area contributed by atoms with Crippen molar-refractivity contribution < 1.29 is 32.8 Å². The Morgan fingerprint density at radius 1 is 0.897 bits per heavy atom. The lowest BCUT2D eigenvalue weighted by atomic mass is 10.0. The second kappa shape index (κ2) is 11.0. The molecule has 7 rings (SSSR count). The number of anilines is 1. The molecule has 0 spiro atoms. The summed E-state index contributed by atoms with van der Waals surface area (Å²) in [5, 5.41) is 0.359. The maximum absolute atomic E-state index is 14.3. The van der Waals surface area contributed by atoms with Crippen molar-refractivity contribution in [3.05, 3.63) is 49.1 Å². The van der Waals surface area contributed by atoms with Crippen LogP contribution in [0.3, 0.4) is 0 Å². The van der Waals surface area contributed by atoms with Crippen LogP contribution in [-0.4, -0.2) is 46.1 Å². The Labute approximate surface area is 224 Å². The first-order chi connectivity index (χ1) is 19.1. The molecule has 4 aromatic rings. The third-order valence-electron chi connectivity index (χ3n) is 6.52. The average molecular weight is 554 g/mol. The molecule has 39 heavy (non-hydrogen) atoms. The highest BCUT2D eigenvalue weighted by molar-refractivity contribution is 7.67. The molecule has 1 saturated carbocycles. The minimum absolute atomic E-state index is 0.0313.